The van der Waals surface area contributed by atoms with Gasteiger partial charge in [0, 0.05) is 6.04 Å². The van der Waals surface area contributed by atoms with Gasteiger partial charge in [0.2, 0.25) is 0 Å². The summed E-state index contributed by atoms with van der Waals surface area (Å²) in [6.45, 7) is 3.64. The Balaban J connectivity index is 2.63. The minimum Gasteiger partial charge on any atom is -0.497 e. The monoisotopic (exact) mass is 177 g/mol. The molecule has 0 fully saturated rings. The second-order valence-corrected chi connectivity index (χ2v) is 2.95. The summed E-state index contributed by atoms with van der Waals surface area (Å²) in [6, 6.07) is 7.94. The predicted octanol–water partition coefficient (Wildman–Crippen LogP) is 1.75. The molecule has 0 bridgehead atoms. The van der Waals surface area contributed by atoms with E-state index in [1.54, 1.807) is 13.2 Å². The first-order chi connectivity index (χ1) is 6.26. The molecule has 70 valence electrons. The van der Waals surface area contributed by atoms with Crippen molar-refractivity contribution in [3.05, 3.63) is 42.5 Å². The van der Waals surface area contributed by atoms with Crippen LogP contribution in [0, 0.1) is 0 Å². The average Bonchev–Trinajstić information content (AvgIpc) is 2.19. The molecule has 0 saturated carbocycles. The van der Waals surface area contributed by atoms with Crippen LogP contribution in [0.5, 0.6) is 5.75 Å². The Morgan fingerprint density at radius 2 is 2.08 bits per heavy atom. The van der Waals surface area contributed by atoms with Gasteiger partial charge in [-0.3, -0.25) is 0 Å². The molecule has 0 aliphatic rings. The third-order valence-electron chi connectivity index (χ3n) is 1.93. The van der Waals surface area contributed by atoms with Crippen molar-refractivity contribution in [2.75, 3.05) is 7.11 Å². The third-order valence-corrected chi connectivity index (χ3v) is 1.93. The summed E-state index contributed by atoms with van der Waals surface area (Å²) >= 11 is 0. The molecular formula is C11H15NO. The number of hydrogen-bond acceptors (Lipinski definition) is 2. The van der Waals surface area contributed by atoms with Crippen molar-refractivity contribution in [3.63, 3.8) is 0 Å². The molecule has 1 atom stereocenters. The van der Waals surface area contributed by atoms with E-state index in [0.717, 1.165) is 12.2 Å². The zero-order valence-corrected chi connectivity index (χ0v) is 7.86. The maximum absolute atomic E-state index is 5.73. The van der Waals surface area contributed by atoms with Crippen LogP contribution in [-0.4, -0.2) is 13.2 Å². The Kier molecular flexibility index (Phi) is 3.53. The van der Waals surface area contributed by atoms with Crippen molar-refractivity contribution in [3.8, 4) is 5.75 Å². The summed E-state index contributed by atoms with van der Waals surface area (Å²) in [6.07, 6.45) is 2.58. The van der Waals surface area contributed by atoms with E-state index in [-0.39, 0.29) is 6.04 Å². The summed E-state index contributed by atoms with van der Waals surface area (Å²) in [5.41, 5.74) is 6.93. The summed E-state index contributed by atoms with van der Waals surface area (Å²) in [5.74, 6) is 0.871. The Morgan fingerprint density at radius 3 is 2.54 bits per heavy atom. The van der Waals surface area contributed by atoms with Crippen LogP contribution >= 0.6 is 0 Å². The van der Waals surface area contributed by atoms with Gasteiger partial charge in [-0.1, -0.05) is 18.2 Å². The van der Waals surface area contributed by atoms with Gasteiger partial charge >= 0.3 is 0 Å². The van der Waals surface area contributed by atoms with Gasteiger partial charge in [-0.15, -0.1) is 6.58 Å². The highest BCUT2D eigenvalue weighted by Crippen LogP contribution is 2.12. The molecule has 0 saturated heterocycles. The van der Waals surface area contributed by atoms with Gasteiger partial charge in [0.25, 0.3) is 0 Å². The maximum atomic E-state index is 5.73. The topological polar surface area (TPSA) is 35.2 Å². The van der Waals surface area contributed by atoms with Gasteiger partial charge in [-0.2, -0.15) is 0 Å². The summed E-state index contributed by atoms with van der Waals surface area (Å²) in [7, 11) is 1.66. The minimum absolute atomic E-state index is 0.0356. The molecule has 1 rings (SSSR count). The minimum atomic E-state index is 0.0356. The zero-order chi connectivity index (χ0) is 9.68. The molecule has 1 unspecified atom stereocenters. The van der Waals surface area contributed by atoms with E-state index in [9.17, 15) is 0 Å². The van der Waals surface area contributed by atoms with Crippen LogP contribution in [0.3, 0.4) is 0 Å². The van der Waals surface area contributed by atoms with E-state index < -0.39 is 0 Å². The quantitative estimate of drug-likeness (QED) is 0.711. The molecule has 0 spiro atoms. The molecule has 0 amide bonds. The van der Waals surface area contributed by atoms with Gasteiger partial charge in [-0.25, -0.2) is 0 Å². The van der Waals surface area contributed by atoms with Gasteiger partial charge in [-0.05, 0) is 24.1 Å². The van der Waals surface area contributed by atoms with E-state index in [0.29, 0.717) is 0 Å². The Bertz CT molecular complexity index is 266. The lowest BCUT2D eigenvalue weighted by Gasteiger charge is -2.06. The highest BCUT2D eigenvalue weighted by atomic mass is 16.5. The smallest absolute Gasteiger partial charge is 0.118 e. The zero-order valence-electron chi connectivity index (χ0n) is 7.86. The van der Waals surface area contributed by atoms with Crippen molar-refractivity contribution in [2.45, 2.75) is 12.5 Å². The first kappa shape index (κ1) is 9.81. The summed E-state index contributed by atoms with van der Waals surface area (Å²) in [5, 5.41) is 0. The van der Waals surface area contributed by atoms with Crippen LogP contribution in [-0.2, 0) is 6.42 Å². The van der Waals surface area contributed by atoms with E-state index >= 15 is 0 Å². The molecule has 0 aliphatic heterocycles. The number of benzene rings is 1. The summed E-state index contributed by atoms with van der Waals surface area (Å²) in [4.78, 5) is 0. The molecule has 0 radical (unpaired) electrons. The lowest BCUT2D eigenvalue weighted by Crippen LogP contribution is -2.19. The van der Waals surface area contributed by atoms with Crippen molar-refractivity contribution in [1.29, 1.82) is 0 Å². The SMILES string of the molecule is C=CC(N)Cc1ccc(OC)cc1. The first-order valence-electron chi connectivity index (χ1n) is 4.27. The number of nitrogens with two attached hydrogens (primary N) is 1. The molecule has 1 aromatic rings. The molecule has 13 heavy (non-hydrogen) atoms. The van der Waals surface area contributed by atoms with E-state index in [2.05, 4.69) is 6.58 Å². The van der Waals surface area contributed by atoms with E-state index in [1.807, 2.05) is 24.3 Å². The highest BCUT2D eigenvalue weighted by Gasteiger charge is 1.99. The summed E-state index contributed by atoms with van der Waals surface area (Å²) < 4.78 is 5.05. The second kappa shape index (κ2) is 4.67. The van der Waals surface area contributed by atoms with Crippen LogP contribution in [0.15, 0.2) is 36.9 Å². The Morgan fingerprint density at radius 1 is 1.46 bits per heavy atom. The molecule has 0 heterocycles. The van der Waals surface area contributed by atoms with E-state index in [1.165, 1.54) is 5.56 Å². The standard InChI is InChI=1S/C11H15NO/c1-3-10(12)8-9-4-6-11(13-2)7-5-9/h3-7,10H,1,8,12H2,2H3. The number of methoxy groups -OCH3 is 1. The normalized spacial score (nSPS) is 12.2. The molecule has 2 heteroatoms. The predicted molar refractivity (Wildman–Crippen MR) is 54.9 cm³/mol. The van der Waals surface area contributed by atoms with Gasteiger partial charge in [0.15, 0.2) is 0 Å². The van der Waals surface area contributed by atoms with Crippen molar-refractivity contribution in [2.24, 2.45) is 5.73 Å². The van der Waals surface area contributed by atoms with E-state index in [4.69, 9.17) is 10.5 Å². The average molecular weight is 177 g/mol. The number of hydrogen-bond donors (Lipinski definition) is 1. The fourth-order valence-corrected chi connectivity index (χ4v) is 1.12. The fourth-order valence-electron chi connectivity index (χ4n) is 1.12. The molecule has 1 aromatic carbocycles. The van der Waals surface area contributed by atoms with Crippen molar-refractivity contribution in [1.82, 2.24) is 0 Å². The number of ether oxygens (including phenoxy) is 1. The lowest BCUT2D eigenvalue weighted by atomic mass is 10.1. The van der Waals surface area contributed by atoms with Crippen LogP contribution < -0.4 is 10.5 Å². The van der Waals surface area contributed by atoms with Crippen molar-refractivity contribution >= 4 is 0 Å². The fraction of sp³-hybridized carbons (Fsp3) is 0.273. The van der Waals surface area contributed by atoms with Gasteiger partial charge < -0.3 is 10.5 Å². The molecule has 0 aromatic heterocycles. The van der Waals surface area contributed by atoms with Crippen LogP contribution in [0.4, 0.5) is 0 Å². The molecular weight excluding hydrogens is 162 g/mol. The second-order valence-electron chi connectivity index (χ2n) is 2.95. The Labute approximate surface area is 79.0 Å². The maximum Gasteiger partial charge on any atom is 0.118 e. The number of rotatable bonds is 4. The van der Waals surface area contributed by atoms with Gasteiger partial charge in [0.05, 0.1) is 7.11 Å². The van der Waals surface area contributed by atoms with Crippen molar-refractivity contribution < 1.29 is 4.74 Å². The van der Waals surface area contributed by atoms with Crippen LogP contribution in [0.2, 0.25) is 0 Å². The molecule has 2 N–H and O–H groups in total. The Hall–Kier alpha value is -1.28. The van der Waals surface area contributed by atoms with Crippen LogP contribution in [0.25, 0.3) is 0 Å². The molecule has 2 nitrogen and oxygen atoms in total. The highest BCUT2D eigenvalue weighted by molar-refractivity contribution is 5.27. The van der Waals surface area contributed by atoms with Gasteiger partial charge in [0.1, 0.15) is 5.75 Å². The molecule has 0 aliphatic carbocycles. The largest absolute Gasteiger partial charge is 0.497 e. The third kappa shape index (κ3) is 2.92. The lowest BCUT2D eigenvalue weighted by molar-refractivity contribution is 0.414. The first-order valence-corrected chi connectivity index (χ1v) is 4.27. The van der Waals surface area contributed by atoms with Crippen LogP contribution in [0.1, 0.15) is 5.56 Å².